The molecule has 2 aromatic rings. The Morgan fingerprint density at radius 2 is 1.59 bits per heavy atom. The zero-order valence-corrected chi connectivity index (χ0v) is 21.8. The van der Waals surface area contributed by atoms with Crippen molar-refractivity contribution in [2.75, 3.05) is 26.2 Å². The second-order valence-electron chi connectivity index (χ2n) is 8.82. The molecule has 0 unspecified atom stereocenters. The molecule has 1 heterocycles. The maximum Gasteiger partial charge on any atom is 0.295 e. The van der Waals surface area contributed by atoms with E-state index in [2.05, 4.69) is 34.7 Å². The number of carbonyl (C=O) groups excluding carboxylic acids is 2. The van der Waals surface area contributed by atoms with Crippen LogP contribution in [0, 0.1) is 0 Å². The number of aliphatic hydroxyl groups excluding tert-OH is 1. The molecular formula is C28H35BrN2O3. The van der Waals surface area contributed by atoms with Crippen molar-refractivity contribution in [2.45, 2.75) is 52.0 Å². The first kappa shape index (κ1) is 26.2. The van der Waals surface area contributed by atoms with E-state index in [1.165, 1.54) is 0 Å². The molecule has 0 bridgehead atoms. The Balaban J connectivity index is 1.89. The molecule has 6 heteroatoms. The minimum absolute atomic E-state index is 0.126. The van der Waals surface area contributed by atoms with E-state index >= 15 is 0 Å². The number of carbonyl (C=O) groups is 2. The van der Waals surface area contributed by atoms with Gasteiger partial charge in [0.15, 0.2) is 0 Å². The lowest BCUT2D eigenvalue weighted by atomic mass is 9.95. The van der Waals surface area contributed by atoms with Crippen molar-refractivity contribution in [3.05, 3.63) is 75.8 Å². The first-order chi connectivity index (χ1) is 16.5. The molecule has 34 heavy (non-hydrogen) atoms. The highest BCUT2D eigenvalue weighted by molar-refractivity contribution is 9.10. The van der Waals surface area contributed by atoms with Crippen LogP contribution in [0.15, 0.2) is 64.6 Å². The van der Waals surface area contributed by atoms with Crippen LogP contribution in [0.1, 0.15) is 63.1 Å². The largest absolute Gasteiger partial charge is 0.507 e. The van der Waals surface area contributed by atoms with Crippen molar-refractivity contribution in [1.82, 2.24) is 9.80 Å². The fraction of sp³-hybridized carbons (Fsp3) is 0.429. The molecule has 1 fully saturated rings. The highest BCUT2D eigenvalue weighted by Gasteiger charge is 2.45. The van der Waals surface area contributed by atoms with Crippen molar-refractivity contribution < 1.29 is 14.7 Å². The molecule has 0 aromatic heterocycles. The fourth-order valence-electron chi connectivity index (χ4n) is 4.45. The Labute approximate surface area is 211 Å². The summed E-state index contributed by atoms with van der Waals surface area (Å²) in [6.07, 6.45) is 5.39. The number of ketones is 1. The fourth-order valence-corrected chi connectivity index (χ4v) is 4.87. The standard InChI is InChI=1S/C28H35BrN2O3/c1-3-5-16-30(17-6-4-2)18-11-19-31-25(22-14-10-15-23(29)20-22)24(27(33)28(31)34)26(32)21-12-8-7-9-13-21/h7-10,12-15,20,25,32H,3-6,11,16-19H2,1-2H3/t25-/m0/s1. The van der Waals surface area contributed by atoms with Gasteiger partial charge < -0.3 is 14.9 Å². The summed E-state index contributed by atoms with van der Waals surface area (Å²) in [5.74, 6) is -1.30. The van der Waals surface area contributed by atoms with Crippen LogP contribution in [0.25, 0.3) is 5.76 Å². The zero-order valence-electron chi connectivity index (χ0n) is 20.2. The first-order valence-corrected chi connectivity index (χ1v) is 13.1. The average molecular weight is 528 g/mol. The molecule has 0 spiro atoms. The predicted octanol–water partition coefficient (Wildman–Crippen LogP) is 6.16. The summed E-state index contributed by atoms with van der Waals surface area (Å²) in [4.78, 5) is 30.4. The molecular weight excluding hydrogens is 492 g/mol. The van der Waals surface area contributed by atoms with E-state index in [-0.39, 0.29) is 11.3 Å². The van der Waals surface area contributed by atoms with E-state index in [9.17, 15) is 14.7 Å². The molecule has 3 rings (SSSR count). The topological polar surface area (TPSA) is 60.9 Å². The highest BCUT2D eigenvalue weighted by Crippen LogP contribution is 2.40. The summed E-state index contributed by atoms with van der Waals surface area (Å²) in [5, 5.41) is 11.1. The van der Waals surface area contributed by atoms with Crippen LogP contribution in [0.4, 0.5) is 0 Å². The number of Topliss-reactive ketones (excluding diaryl/α,β-unsaturated/α-hetero) is 1. The Morgan fingerprint density at radius 3 is 2.21 bits per heavy atom. The number of amides is 1. The minimum atomic E-state index is -0.625. The third-order valence-corrected chi connectivity index (χ3v) is 6.77. The van der Waals surface area contributed by atoms with Crippen molar-refractivity contribution in [2.24, 2.45) is 0 Å². The minimum Gasteiger partial charge on any atom is -0.507 e. The number of hydrogen-bond donors (Lipinski definition) is 1. The van der Waals surface area contributed by atoms with Crippen molar-refractivity contribution in [3.63, 3.8) is 0 Å². The van der Waals surface area contributed by atoms with Crippen molar-refractivity contribution in [3.8, 4) is 0 Å². The van der Waals surface area contributed by atoms with Gasteiger partial charge in [-0.1, -0.05) is 85.1 Å². The van der Waals surface area contributed by atoms with E-state index in [1.54, 1.807) is 29.2 Å². The lowest BCUT2D eigenvalue weighted by Crippen LogP contribution is -2.34. The van der Waals surface area contributed by atoms with Crippen LogP contribution in [0.2, 0.25) is 0 Å². The normalized spacial score (nSPS) is 17.6. The molecule has 1 saturated heterocycles. The maximum atomic E-state index is 13.1. The van der Waals surface area contributed by atoms with Crippen LogP contribution < -0.4 is 0 Å². The third-order valence-electron chi connectivity index (χ3n) is 6.28. The second-order valence-corrected chi connectivity index (χ2v) is 9.73. The molecule has 1 N–H and O–H groups in total. The van der Waals surface area contributed by atoms with Gasteiger partial charge in [0.05, 0.1) is 11.6 Å². The third kappa shape index (κ3) is 6.36. The van der Waals surface area contributed by atoms with Gasteiger partial charge in [-0.3, -0.25) is 9.59 Å². The number of unbranched alkanes of at least 4 members (excludes halogenated alkanes) is 2. The Bertz CT molecular complexity index is 998. The average Bonchev–Trinajstić information content (AvgIpc) is 3.10. The summed E-state index contributed by atoms with van der Waals surface area (Å²) in [6, 6.07) is 16.0. The zero-order chi connectivity index (χ0) is 24.5. The molecule has 0 radical (unpaired) electrons. The van der Waals surface area contributed by atoms with Gasteiger partial charge in [0.2, 0.25) is 0 Å². The van der Waals surface area contributed by atoms with Crippen LogP contribution in [-0.4, -0.2) is 52.8 Å². The van der Waals surface area contributed by atoms with Crippen LogP contribution in [0.5, 0.6) is 0 Å². The molecule has 1 aliphatic rings. The van der Waals surface area contributed by atoms with Crippen LogP contribution in [0.3, 0.4) is 0 Å². The van der Waals surface area contributed by atoms with Crippen molar-refractivity contribution in [1.29, 1.82) is 0 Å². The second kappa shape index (κ2) is 12.9. The van der Waals surface area contributed by atoms with Crippen LogP contribution in [-0.2, 0) is 9.59 Å². The van der Waals surface area contributed by atoms with E-state index in [0.717, 1.165) is 61.8 Å². The van der Waals surface area contributed by atoms with Gasteiger partial charge in [-0.15, -0.1) is 0 Å². The molecule has 1 amide bonds. The molecule has 0 saturated carbocycles. The number of benzene rings is 2. The first-order valence-electron chi connectivity index (χ1n) is 12.3. The van der Waals surface area contributed by atoms with E-state index in [4.69, 9.17) is 0 Å². The summed E-state index contributed by atoms with van der Waals surface area (Å²) in [6.45, 7) is 7.84. The lowest BCUT2D eigenvalue weighted by molar-refractivity contribution is -0.140. The van der Waals surface area contributed by atoms with Gasteiger partial charge in [-0.05, 0) is 56.6 Å². The SMILES string of the molecule is CCCCN(CCCC)CCCN1C(=O)C(=O)C(=C(O)c2ccccc2)[C@@H]1c1cccc(Br)c1. The highest BCUT2D eigenvalue weighted by atomic mass is 79.9. The quantitative estimate of drug-likeness (QED) is 0.204. The van der Waals surface area contributed by atoms with Gasteiger partial charge in [-0.25, -0.2) is 0 Å². The van der Waals surface area contributed by atoms with Gasteiger partial charge in [-0.2, -0.15) is 0 Å². The molecule has 5 nitrogen and oxygen atoms in total. The Kier molecular flexibility index (Phi) is 9.90. The number of aliphatic hydroxyl groups is 1. The van der Waals surface area contributed by atoms with Crippen LogP contribution >= 0.6 is 15.9 Å². The monoisotopic (exact) mass is 526 g/mol. The Hall–Kier alpha value is -2.44. The Morgan fingerprint density at radius 1 is 0.941 bits per heavy atom. The summed E-state index contributed by atoms with van der Waals surface area (Å²) in [7, 11) is 0. The number of nitrogens with zero attached hydrogens (tertiary/aromatic N) is 2. The number of hydrogen-bond acceptors (Lipinski definition) is 4. The van der Waals surface area contributed by atoms with Gasteiger partial charge in [0, 0.05) is 16.6 Å². The summed E-state index contributed by atoms with van der Waals surface area (Å²) >= 11 is 3.51. The van der Waals surface area contributed by atoms with Gasteiger partial charge >= 0.3 is 0 Å². The number of likely N-dealkylation sites (tertiary alicyclic amines) is 1. The summed E-state index contributed by atoms with van der Waals surface area (Å²) < 4.78 is 0.862. The summed E-state index contributed by atoms with van der Waals surface area (Å²) in [5.41, 5.74) is 1.49. The van der Waals surface area contributed by atoms with E-state index in [1.807, 2.05) is 30.3 Å². The lowest BCUT2D eigenvalue weighted by Gasteiger charge is -2.27. The maximum absolute atomic E-state index is 13.1. The number of halogens is 1. The molecule has 1 aliphatic heterocycles. The smallest absolute Gasteiger partial charge is 0.295 e. The molecule has 1 atom stereocenters. The molecule has 2 aromatic carbocycles. The van der Waals surface area contributed by atoms with Gasteiger partial charge in [0.25, 0.3) is 11.7 Å². The van der Waals surface area contributed by atoms with E-state index < -0.39 is 17.7 Å². The molecule has 182 valence electrons. The van der Waals surface area contributed by atoms with E-state index in [0.29, 0.717) is 12.1 Å². The predicted molar refractivity (Wildman–Crippen MR) is 140 cm³/mol. The van der Waals surface area contributed by atoms with Gasteiger partial charge in [0.1, 0.15) is 5.76 Å². The molecule has 0 aliphatic carbocycles. The van der Waals surface area contributed by atoms with Crippen molar-refractivity contribution >= 4 is 33.4 Å². The number of rotatable bonds is 12.